The Hall–Kier alpha value is -4.52. The van der Waals surface area contributed by atoms with Gasteiger partial charge in [-0.15, -0.1) is 0 Å². The molecule has 1 aliphatic heterocycles. The fourth-order valence-corrected chi connectivity index (χ4v) is 5.37. The van der Waals surface area contributed by atoms with E-state index in [1.165, 1.54) is 6.26 Å². The Morgan fingerprint density at radius 2 is 1.65 bits per heavy atom. The summed E-state index contributed by atoms with van der Waals surface area (Å²) in [5.74, 6) is 0.522. The van der Waals surface area contributed by atoms with Crippen molar-refractivity contribution in [2.24, 2.45) is 5.92 Å². The van der Waals surface area contributed by atoms with E-state index in [4.69, 9.17) is 13.9 Å². The second-order valence-electron chi connectivity index (χ2n) is 9.30. The molecule has 0 spiro atoms. The topological polar surface area (TPSA) is 89.8 Å². The average Bonchev–Trinajstić information content (AvgIpc) is 3.10. The second-order valence-corrected chi connectivity index (χ2v) is 9.30. The number of rotatable bonds is 4. The van der Waals surface area contributed by atoms with Gasteiger partial charge in [0.2, 0.25) is 0 Å². The van der Waals surface area contributed by atoms with Crippen molar-refractivity contribution in [3.63, 3.8) is 0 Å². The summed E-state index contributed by atoms with van der Waals surface area (Å²) < 4.78 is 16.7. The lowest BCUT2D eigenvalue weighted by Gasteiger charge is -2.32. The third-order valence-corrected chi connectivity index (χ3v) is 7.21. The number of hydrogen-bond acceptors (Lipinski definition) is 7. The molecule has 0 saturated carbocycles. The van der Waals surface area contributed by atoms with Gasteiger partial charge in [-0.05, 0) is 42.0 Å². The quantitative estimate of drug-likeness (QED) is 0.379. The highest BCUT2D eigenvalue weighted by Crippen LogP contribution is 2.44. The van der Waals surface area contributed by atoms with Crippen LogP contribution in [0.1, 0.15) is 29.5 Å². The van der Waals surface area contributed by atoms with Gasteiger partial charge in [-0.3, -0.25) is 9.59 Å². The monoisotopic (exact) mass is 494 g/mol. The molecule has 3 aromatic carbocycles. The Labute approximate surface area is 213 Å². The van der Waals surface area contributed by atoms with Gasteiger partial charge in [0.1, 0.15) is 17.6 Å². The van der Waals surface area contributed by atoms with Crippen LogP contribution in [0.15, 0.2) is 94.0 Å². The Kier molecular flexibility index (Phi) is 5.68. The molecule has 4 aromatic rings. The summed E-state index contributed by atoms with van der Waals surface area (Å²) in [6, 6.07) is 20.0. The van der Waals surface area contributed by atoms with Crippen molar-refractivity contribution in [3.05, 3.63) is 106 Å². The first kappa shape index (κ1) is 22.9. The number of anilines is 2. The standard InChI is InChI=1S/C30H26N2O5/c1-35-26-12-11-17(15-27(26)36-2)18-13-23-28(24(33)14-18)29(32-22-9-5-4-8-21(22)31-23)20-16-37-25-10-6-3-7-19(25)30(20)34/h3-13,15-16,18,28-29,31-32H,14H2,1-2H3. The van der Waals surface area contributed by atoms with Crippen LogP contribution in [0, 0.1) is 5.92 Å². The molecule has 186 valence electrons. The molecular weight excluding hydrogens is 468 g/mol. The number of benzene rings is 3. The maximum absolute atomic E-state index is 13.8. The summed E-state index contributed by atoms with van der Waals surface area (Å²) in [5.41, 5.74) is 4.15. The SMILES string of the molecule is COc1ccc(C2C=C3Nc4ccccc4NC(c4coc5ccccc5c4=O)C3C(=O)C2)cc1OC. The summed E-state index contributed by atoms with van der Waals surface area (Å²) in [4.78, 5) is 27.4. The number of carbonyl (C=O) groups is 1. The summed E-state index contributed by atoms with van der Waals surface area (Å²) in [5, 5.41) is 7.46. The largest absolute Gasteiger partial charge is 0.493 e. The van der Waals surface area contributed by atoms with Crippen molar-refractivity contribution in [1.82, 2.24) is 0 Å². The van der Waals surface area contributed by atoms with Crippen LogP contribution in [0.3, 0.4) is 0 Å². The molecule has 6 rings (SSSR count). The molecule has 1 aromatic heterocycles. The normalized spacial score (nSPS) is 20.5. The number of hydrogen-bond donors (Lipinski definition) is 2. The van der Waals surface area contributed by atoms with Crippen LogP contribution >= 0.6 is 0 Å². The zero-order chi connectivity index (χ0) is 25.5. The number of fused-ring (bicyclic) bond motifs is 3. The number of methoxy groups -OCH3 is 2. The molecule has 0 bridgehead atoms. The molecule has 7 nitrogen and oxygen atoms in total. The molecule has 2 aliphatic rings. The Bertz CT molecular complexity index is 1610. The average molecular weight is 495 g/mol. The van der Waals surface area contributed by atoms with Crippen LogP contribution in [0.4, 0.5) is 11.4 Å². The van der Waals surface area contributed by atoms with E-state index in [1.54, 1.807) is 26.4 Å². The predicted octanol–water partition coefficient (Wildman–Crippen LogP) is 5.65. The summed E-state index contributed by atoms with van der Waals surface area (Å²) in [7, 11) is 3.19. The predicted molar refractivity (Wildman–Crippen MR) is 142 cm³/mol. The maximum Gasteiger partial charge on any atom is 0.197 e. The number of ether oxygens (including phenoxy) is 2. The van der Waals surface area contributed by atoms with E-state index in [1.807, 2.05) is 54.6 Å². The van der Waals surface area contributed by atoms with Gasteiger partial charge in [0.15, 0.2) is 16.9 Å². The molecule has 3 unspecified atom stereocenters. The van der Waals surface area contributed by atoms with Gasteiger partial charge in [0, 0.05) is 18.0 Å². The van der Waals surface area contributed by atoms with Gasteiger partial charge in [-0.25, -0.2) is 0 Å². The van der Waals surface area contributed by atoms with E-state index in [-0.39, 0.29) is 17.1 Å². The van der Waals surface area contributed by atoms with Gasteiger partial charge < -0.3 is 24.5 Å². The third kappa shape index (κ3) is 3.93. The summed E-state index contributed by atoms with van der Waals surface area (Å²) in [6.45, 7) is 0. The van der Waals surface area contributed by atoms with Crippen molar-refractivity contribution in [2.75, 3.05) is 24.9 Å². The van der Waals surface area contributed by atoms with Crippen LogP contribution < -0.4 is 25.5 Å². The number of nitrogens with one attached hydrogen (secondary N) is 2. The highest BCUT2D eigenvalue weighted by atomic mass is 16.5. The van der Waals surface area contributed by atoms with Crippen LogP contribution in [0.2, 0.25) is 0 Å². The van der Waals surface area contributed by atoms with Crippen LogP contribution in [0.5, 0.6) is 11.5 Å². The molecular formula is C30H26N2O5. The Morgan fingerprint density at radius 1 is 0.892 bits per heavy atom. The number of para-hydroxylation sites is 3. The second kappa shape index (κ2) is 9.17. The molecule has 2 N–H and O–H groups in total. The van der Waals surface area contributed by atoms with E-state index < -0.39 is 12.0 Å². The van der Waals surface area contributed by atoms with Crippen molar-refractivity contribution in [2.45, 2.75) is 18.4 Å². The molecule has 1 aliphatic carbocycles. The number of allylic oxidation sites excluding steroid dienone is 1. The van der Waals surface area contributed by atoms with E-state index in [2.05, 4.69) is 16.7 Å². The van der Waals surface area contributed by atoms with Gasteiger partial charge in [0.05, 0.1) is 48.5 Å². The first-order valence-corrected chi connectivity index (χ1v) is 12.2. The number of ketones is 1. The summed E-state index contributed by atoms with van der Waals surface area (Å²) >= 11 is 0. The lowest BCUT2D eigenvalue weighted by molar-refractivity contribution is -0.122. The van der Waals surface area contributed by atoms with E-state index in [9.17, 15) is 9.59 Å². The fourth-order valence-electron chi connectivity index (χ4n) is 5.37. The Balaban J connectivity index is 1.49. The van der Waals surface area contributed by atoms with Crippen LogP contribution in [0.25, 0.3) is 11.0 Å². The molecule has 0 amide bonds. The molecule has 3 atom stereocenters. The Morgan fingerprint density at radius 3 is 2.46 bits per heavy atom. The van der Waals surface area contributed by atoms with Crippen LogP contribution in [-0.2, 0) is 4.79 Å². The van der Waals surface area contributed by atoms with Gasteiger partial charge in [-0.1, -0.05) is 36.4 Å². The molecule has 7 heteroatoms. The minimum atomic E-state index is -0.595. The van der Waals surface area contributed by atoms with Gasteiger partial charge >= 0.3 is 0 Å². The smallest absolute Gasteiger partial charge is 0.197 e. The molecule has 0 saturated heterocycles. The molecule has 0 radical (unpaired) electrons. The number of Topliss-reactive ketones (excluding diaryl/α,β-unsaturated/α-hetero) is 1. The van der Waals surface area contributed by atoms with E-state index >= 15 is 0 Å². The fraction of sp³-hybridized carbons (Fsp3) is 0.200. The molecule has 37 heavy (non-hydrogen) atoms. The number of carbonyl (C=O) groups excluding carboxylic acids is 1. The van der Waals surface area contributed by atoms with Crippen LogP contribution in [-0.4, -0.2) is 20.0 Å². The van der Waals surface area contributed by atoms with E-state index in [0.717, 1.165) is 22.6 Å². The summed E-state index contributed by atoms with van der Waals surface area (Å²) in [6.07, 6.45) is 3.87. The molecule has 0 fully saturated rings. The minimum Gasteiger partial charge on any atom is -0.493 e. The van der Waals surface area contributed by atoms with Crippen molar-refractivity contribution < 1.29 is 18.7 Å². The lowest BCUT2D eigenvalue weighted by atomic mass is 9.76. The van der Waals surface area contributed by atoms with Crippen molar-refractivity contribution in [1.29, 1.82) is 0 Å². The molecule has 2 heterocycles. The lowest BCUT2D eigenvalue weighted by Crippen LogP contribution is -2.35. The van der Waals surface area contributed by atoms with E-state index in [0.29, 0.717) is 34.5 Å². The third-order valence-electron chi connectivity index (χ3n) is 7.21. The highest BCUT2D eigenvalue weighted by Gasteiger charge is 2.41. The highest BCUT2D eigenvalue weighted by molar-refractivity contribution is 5.91. The zero-order valence-corrected chi connectivity index (χ0v) is 20.5. The van der Waals surface area contributed by atoms with Crippen molar-refractivity contribution in [3.8, 4) is 11.5 Å². The maximum atomic E-state index is 13.8. The van der Waals surface area contributed by atoms with Gasteiger partial charge in [-0.2, -0.15) is 0 Å². The first-order valence-electron chi connectivity index (χ1n) is 12.2. The van der Waals surface area contributed by atoms with Crippen molar-refractivity contribution >= 4 is 28.1 Å². The van der Waals surface area contributed by atoms with Gasteiger partial charge in [0.25, 0.3) is 0 Å². The minimum absolute atomic E-state index is 0.0302. The first-order chi connectivity index (χ1) is 18.1. The zero-order valence-electron chi connectivity index (χ0n) is 20.5.